The lowest BCUT2D eigenvalue weighted by Gasteiger charge is -2.18. The summed E-state index contributed by atoms with van der Waals surface area (Å²) in [7, 11) is 0. The van der Waals surface area contributed by atoms with Gasteiger partial charge in [0.15, 0.2) is 0 Å². The molecule has 1 heterocycles. The molecule has 104 valence electrons. The largest absolute Gasteiger partial charge is 0.377 e. The van der Waals surface area contributed by atoms with E-state index in [2.05, 4.69) is 16.7 Å². The highest BCUT2D eigenvalue weighted by molar-refractivity contribution is 5.96. The minimum Gasteiger partial charge on any atom is -0.377 e. The van der Waals surface area contributed by atoms with Crippen molar-refractivity contribution in [1.82, 2.24) is 5.32 Å². The van der Waals surface area contributed by atoms with Crippen molar-refractivity contribution in [2.75, 3.05) is 18.5 Å². The number of carbonyl (C=O) groups is 1. The quantitative estimate of drug-likeness (QED) is 0.853. The molecular weight excluding hydrogens is 240 g/mol. The van der Waals surface area contributed by atoms with Crippen LogP contribution in [0.4, 0.5) is 5.69 Å². The Morgan fingerprint density at radius 1 is 1.47 bits per heavy atom. The van der Waals surface area contributed by atoms with Crippen LogP contribution < -0.4 is 10.6 Å². The van der Waals surface area contributed by atoms with Gasteiger partial charge in [-0.25, -0.2) is 0 Å². The van der Waals surface area contributed by atoms with E-state index in [9.17, 15) is 4.79 Å². The van der Waals surface area contributed by atoms with Gasteiger partial charge in [-0.2, -0.15) is 0 Å². The fourth-order valence-corrected chi connectivity index (χ4v) is 2.36. The molecule has 2 atom stereocenters. The summed E-state index contributed by atoms with van der Waals surface area (Å²) in [6.07, 6.45) is 1.86. The van der Waals surface area contributed by atoms with Gasteiger partial charge in [0, 0.05) is 18.8 Å². The SMILES string of the molecule is CCOC(C)CNC1CCc2ccccc2NC1=O. The third-order valence-corrected chi connectivity index (χ3v) is 3.40. The molecule has 0 saturated heterocycles. The Kier molecular flexibility index (Phi) is 4.93. The van der Waals surface area contributed by atoms with Crippen molar-refractivity contribution in [3.63, 3.8) is 0 Å². The zero-order valence-corrected chi connectivity index (χ0v) is 11.6. The molecule has 0 aliphatic carbocycles. The fraction of sp³-hybridized carbons (Fsp3) is 0.533. The van der Waals surface area contributed by atoms with Gasteiger partial charge < -0.3 is 15.4 Å². The number of para-hydroxylation sites is 1. The number of benzene rings is 1. The number of hydrogen-bond acceptors (Lipinski definition) is 3. The molecule has 2 unspecified atom stereocenters. The lowest BCUT2D eigenvalue weighted by Crippen LogP contribution is -2.43. The Morgan fingerprint density at radius 2 is 2.26 bits per heavy atom. The molecule has 1 aromatic rings. The summed E-state index contributed by atoms with van der Waals surface area (Å²) >= 11 is 0. The summed E-state index contributed by atoms with van der Waals surface area (Å²) in [6.45, 7) is 5.39. The van der Waals surface area contributed by atoms with E-state index in [-0.39, 0.29) is 18.1 Å². The molecule has 0 fully saturated rings. The van der Waals surface area contributed by atoms with Crippen LogP contribution in [-0.4, -0.2) is 31.2 Å². The van der Waals surface area contributed by atoms with Gasteiger partial charge in [-0.05, 0) is 38.3 Å². The molecule has 2 rings (SSSR count). The number of rotatable bonds is 5. The zero-order valence-electron chi connectivity index (χ0n) is 11.6. The van der Waals surface area contributed by atoms with Gasteiger partial charge in [0.05, 0.1) is 12.1 Å². The van der Waals surface area contributed by atoms with Crippen molar-refractivity contribution in [2.24, 2.45) is 0 Å². The average Bonchev–Trinajstić information content (AvgIpc) is 2.55. The molecular formula is C15H22N2O2. The van der Waals surface area contributed by atoms with Crippen LogP contribution in [0.3, 0.4) is 0 Å². The highest BCUT2D eigenvalue weighted by Crippen LogP contribution is 2.21. The van der Waals surface area contributed by atoms with Gasteiger partial charge in [0.2, 0.25) is 5.91 Å². The second-order valence-corrected chi connectivity index (χ2v) is 4.91. The second kappa shape index (κ2) is 6.68. The summed E-state index contributed by atoms with van der Waals surface area (Å²) < 4.78 is 5.47. The Balaban J connectivity index is 1.93. The maximum Gasteiger partial charge on any atom is 0.241 e. The van der Waals surface area contributed by atoms with Gasteiger partial charge in [-0.1, -0.05) is 18.2 Å². The van der Waals surface area contributed by atoms with E-state index in [1.54, 1.807) is 0 Å². The number of fused-ring (bicyclic) bond motifs is 1. The summed E-state index contributed by atoms with van der Waals surface area (Å²) in [5.74, 6) is 0.0497. The molecule has 1 aliphatic heterocycles. The number of anilines is 1. The Bertz CT molecular complexity index is 434. The molecule has 2 N–H and O–H groups in total. The third kappa shape index (κ3) is 3.78. The van der Waals surface area contributed by atoms with E-state index in [1.165, 1.54) is 5.56 Å². The van der Waals surface area contributed by atoms with E-state index in [0.717, 1.165) is 18.5 Å². The van der Waals surface area contributed by atoms with E-state index in [0.29, 0.717) is 13.2 Å². The smallest absolute Gasteiger partial charge is 0.241 e. The van der Waals surface area contributed by atoms with E-state index >= 15 is 0 Å². The van der Waals surface area contributed by atoms with Crippen LogP contribution >= 0.6 is 0 Å². The highest BCUT2D eigenvalue weighted by Gasteiger charge is 2.23. The van der Waals surface area contributed by atoms with Crippen LogP contribution in [0, 0.1) is 0 Å². The Labute approximate surface area is 114 Å². The molecule has 0 bridgehead atoms. The molecule has 0 saturated carbocycles. The summed E-state index contributed by atoms with van der Waals surface area (Å²) in [6, 6.07) is 7.84. The maximum atomic E-state index is 12.1. The average molecular weight is 262 g/mol. The highest BCUT2D eigenvalue weighted by atomic mass is 16.5. The van der Waals surface area contributed by atoms with Crippen molar-refractivity contribution in [3.05, 3.63) is 29.8 Å². The molecule has 4 nitrogen and oxygen atoms in total. The molecule has 1 aliphatic rings. The molecule has 4 heteroatoms. The van der Waals surface area contributed by atoms with Crippen LogP contribution in [-0.2, 0) is 16.0 Å². The number of aryl methyl sites for hydroxylation is 1. The van der Waals surface area contributed by atoms with Crippen LogP contribution in [0.5, 0.6) is 0 Å². The fourth-order valence-electron chi connectivity index (χ4n) is 2.36. The molecule has 19 heavy (non-hydrogen) atoms. The molecule has 0 spiro atoms. The van der Waals surface area contributed by atoms with Gasteiger partial charge in [-0.3, -0.25) is 4.79 Å². The van der Waals surface area contributed by atoms with E-state index < -0.39 is 0 Å². The molecule has 1 aromatic carbocycles. The van der Waals surface area contributed by atoms with Crippen LogP contribution in [0.2, 0.25) is 0 Å². The van der Waals surface area contributed by atoms with Gasteiger partial charge in [0.1, 0.15) is 0 Å². The van der Waals surface area contributed by atoms with Gasteiger partial charge in [0.25, 0.3) is 0 Å². The van der Waals surface area contributed by atoms with Crippen molar-refractivity contribution >= 4 is 11.6 Å². The van der Waals surface area contributed by atoms with Gasteiger partial charge >= 0.3 is 0 Å². The lowest BCUT2D eigenvalue weighted by atomic mass is 10.1. The first-order valence-electron chi connectivity index (χ1n) is 6.94. The number of ether oxygens (including phenoxy) is 1. The standard InChI is InChI=1S/C15H22N2O2/c1-3-19-11(2)10-16-14-9-8-12-6-4-5-7-13(12)17-15(14)18/h4-7,11,14,16H,3,8-10H2,1-2H3,(H,17,18). The van der Waals surface area contributed by atoms with Crippen LogP contribution in [0.25, 0.3) is 0 Å². The van der Waals surface area contributed by atoms with Crippen molar-refractivity contribution in [3.8, 4) is 0 Å². The molecule has 0 radical (unpaired) electrons. The number of carbonyl (C=O) groups excluding carboxylic acids is 1. The zero-order chi connectivity index (χ0) is 13.7. The molecule has 1 amide bonds. The number of hydrogen-bond donors (Lipinski definition) is 2. The van der Waals surface area contributed by atoms with Crippen molar-refractivity contribution < 1.29 is 9.53 Å². The lowest BCUT2D eigenvalue weighted by molar-refractivity contribution is -0.118. The van der Waals surface area contributed by atoms with Gasteiger partial charge in [-0.15, -0.1) is 0 Å². The normalized spacial score (nSPS) is 20.3. The third-order valence-electron chi connectivity index (χ3n) is 3.40. The Morgan fingerprint density at radius 3 is 3.05 bits per heavy atom. The summed E-state index contributed by atoms with van der Waals surface area (Å²) in [5, 5.41) is 6.28. The Hall–Kier alpha value is -1.39. The maximum absolute atomic E-state index is 12.1. The summed E-state index contributed by atoms with van der Waals surface area (Å²) in [4.78, 5) is 12.1. The first kappa shape index (κ1) is 14.0. The minimum atomic E-state index is -0.143. The van der Waals surface area contributed by atoms with E-state index in [1.807, 2.05) is 32.0 Å². The van der Waals surface area contributed by atoms with Crippen LogP contribution in [0.15, 0.2) is 24.3 Å². The van der Waals surface area contributed by atoms with E-state index in [4.69, 9.17) is 4.74 Å². The van der Waals surface area contributed by atoms with Crippen molar-refractivity contribution in [1.29, 1.82) is 0 Å². The number of nitrogens with one attached hydrogen (secondary N) is 2. The first-order chi connectivity index (χ1) is 9.20. The predicted molar refractivity (Wildman–Crippen MR) is 76.3 cm³/mol. The molecule has 0 aromatic heterocycles. The van der Waals surface area contributed by atoms with Crippen LogP contribution in [0.1, 0.15) is 25.8 Å². The number of amides is 1. The minimum absolute atomic E-state index is 0.0497. The van der Waals surface area contributed by atoms with Crippen molar-refractivity contribution in [2.45, 2.75) is 38.8 Å². The predicted octanol–water partition coefficient (Wildman–Crippen LogP) is 1.95. The second-order valence-electron chi connectivity index (χ2n) is 4.91. The first-order valence-corrected chi connectivity index (χ1v) is 6.94. The topological polar surface area (TPSA) is 50.4 Å². The summed E-state index contributed by atoms with van der Waals surface area (Å²) in [5.41, 5.74) is 2.15. The monoisotopic (exact) mass is 262 g/mol.